The summed E-state index contributed by atoms with van der Waals surface area (Å²) >= 11 is 0. The molecule has 14 heteroatoms. The molecule has 2 aromatic carbocycles. The molecule has 1 saturated carbocycles. The fourth-order valence-corrected chi connectivity index (χ4v) is 8.02. The molecule has 0 aromatic heterocycles. The molecule has 3 N–H and O–H groups in total. The number of carbonyl (C=O) groups excluding carboxylic acids is 3. The van der Waals surface area contributed by atoms with Crippen LogP contribution in [0.25, 0.3) is 0 Å². The number of nitrogens with zero attached hydrogens (tertiary/aromatic N) is 4. The van der Waals surface area contributed by atoms with E-state index in [-0.39, 0.29) is 53.4 Å². The van der Waals surface area contributed by atoms with Crippen LogP contribution in [-0.2, 0) is 27.2 Å². The van der Waals surface area contributed by atoms with Crippen molar-refractivity contribution in [2.45, 2.75) is 76.0 Å². The quantitative estimate of drug-likeness (QED) is 0.358. The molecular formula is C36H45B2N5O7. The third-order valence-corrected chi connectivity index (χ3v) is 10.9. The Hall–Kier alpha value is -4.19. The SMILES string of the molecule is [B]c1cc(C[C@@H](OC(=O)N2CCC(N3CCc4ccccc4NC3=O)CC2)C(=O)N2CCN(C3CCC(CC(=O)O)CC3)CC2)cc([B])c1O. The number of amides is 4. The second-order valence-corrected chi connectivity index (χ2v) is 14.1. The van der Waals surface area contributed by atoms with Crippen molar-refractivity contribution < 1.29 is 34.1 Å². The Bertz CT molecular complexity index is 1550. The van der Waals surface area contributed by atoms with Gasteiger partial charge in [-0.1, -0.05) is 41.3 Å². The molecule has 2 saturated heterocycles. The highest BCUT2D eigenvalue weighted by Gasteiger charge is 2.36. The van der Waals surface area contributed by atoms with Crippen molar-refractivity contribution in [3.8, 4) is 5.75 Å². The van der Waals surface area contributed by atoms with Gasteiger partial charge < -0.3 is 35.0 Å². The molecule has 4 amide bonds. The van der Waals surface area contributed by atoms with Crippen molar-refractivity contribution in [2.75, 3.05) is 51.1 Å². The summed E-state index contributed by atoms with van der Waals surface area (Å²) in [7, 11) is 11.9. The number of hydrogen-bond acceptors (Lipinski definition) is 7. The standard InChI is InChI=1S/C36H45B2N5O7/c37-28-19-24(20-29(38)33(28)46)21-31(34(47)41-17-15-40(16-18-41)26-7-5-23(6-8-26)22-32(44)45)50-36(49)42-12-10-27(11-13-42)43-14-9-25-3-1-2-4-30(25)39-35(43)48/h1-4,19-20,23,26-27,31,46H,5-18,21-22H2,(H,39,48)(H,44,45)/t23?,26?,31-/m1/s1. The van der Waals surface area contributed by atoms with Crippen LogP contribution in [0.15, 0.2) is 36.4 Å². The van der Waals surface area contributed by atoms with Crippen molar-refractivity contribution in [1.29, 1.82) is 0 Å². The minimum absolute atomic E-state index is 0.0303. The molecule has 4 aliphatic rings. The number of rotatable bonds is 8. The molecule has 0 bridgehead atoms. The predicted octanol–water partition coefficient (Wildman–Crippen LogP) is 1.76. The Kier molecular flexibility index (Phi) is 11.2. The average molecular weight is 681 g/mol. The number of anilines is 1. The lowest BCUT2D eigenvalue weighted by Gasteiger charge is -2.42. The first-order valence-corrected chi connectivity index (χ1v) is 17.8. The number of fused-ring (bicyclic) bond motifs is 1. The highest BCUT2D eigenvalue weighted by atomic mass is 16.6. The van der Waals surface area contributed by atoms with Gasteiger partial charge in [-0.3, -0.25) is 14.5 Å². The van der Waals surface area contributed by atoms with Gasteiger partial charge in [0.1, 0.15) is 21.4 Å². The molecule has 1 atom stereocenters. The number of piperidine rings is 1. The number of carboxylic acids is 1. The van der Waals surface area contributed by atoms with Gasteiger partial charge in [0.2, 0.25) is 0 Å². The maximum Gasteiger partial charge on any atom is 0.410 e. The van der Waals surface area contributed by atoms with Crippen LogP contribution in [0, 0.1) is 5.92 Å². The number of aliphatic carboxylic acids is 1. The number of piperazine rings is 1. The van der Waals surface area contributed by atoms with Gasteiger partial charge >= 0.3 is 18.1 Å². The second-order valence-electron chi connectivity index (χ2n) is 14.1. The maximum atomic E-state index is 14.0. The lowest BCUT2D eigenvalue weighted by Crippen LogP contribution is -2.55. The highest BCUT2D eigenvalue weighted by molar-refractivity contribution is 6.41. The number of para-hydroxylation sites is 1. The normalized spacial score (nSPS) is 22.6. The molecule has 0 unspecified atom stereocenters. The summed E-state index contributed by atoms with van der Waals surface area (Å²) in [5.41, 5.74) is 2.64. The average Bonchev–Trinajstić information content (AvgIpc) is 3.28. The van der Waals surface area contributed by atoms with Crippen molar-refractivity contribution in [3.63, 3.8) is 0 Å². The van der Waals surface area contributed by atoms with Gasteiger partial charge in [0.15, 0.2) is 6.10 Å². The van der Waals surface area contributed by atoms with E-state index in [2.05, 4.69) is 10.2 Å². The summed E-state index contributed by atoms with van der Waals surface area (Å²) in [5, 5.41) is 22.3. The lowest BCUT2D eigenvalue weighted by molar-refractivity contribution is -0.143. The number of urea groups is 1. The van der Waals surface area contributed by atoms with E-state index in [0.29, 0.717) is 70.3 Å². The largest absolute Gasteiger partial charge is 0.509 e. The van der Waals surface area contributed by atoms with E-state index in [0.717, 1.165) is 43.4 Å². The van der Waals surface area contributed by atoms with Crippen LogP contribution in [-0.4, -0.2) is 134 Å². The van der Waals surface area contributed by atoms with E-state index in [1.165, 1.54) is 12.1 Å². The Morgan fingerprint density at radius 2 is 1.52 bits per heavy atom. The Morgan fingerprint density at radius 1 is 0.860 bits per heavy atom. The fraction of sp³-hybridized carbons (Fsp3) is 0.556. The number of carboxylic acid groups (broad SMARTS) is 1. The van der Waals surface area contributed by atoms with E-state index in [1.807, 2.05) is 29.2 Å². The topological polar surface area (TPSA) is 143 Å². The van der Waals surface area contributed by atoms with Crippen LogP contribution in [0.5, 0.6) is 5.75 Å². The number of carbonyl (C=O) groups is 4. The zero-order valence-electron chi connectivity index (χ0n) is 28.5. The molecule has 262 valence electrons. The van der Waals surface area contributed by atoms with Crippen molar-refractivity contribution in [3.05, 3.63) is 47.5 Å². The Labute approximate surface area is 295 Å². The third kappa shape index (κ3) is 8.39. The van der Waals surface area contributed by atoms with Crippen LogP contribution in [0.4, 0.5) is 15.3 Å². The maximum absolute atomic E-state index is 14.0. The monoisotopic (exact) mass is 681 g/mol. The van der Waals surface area contributed by atoms with Crippen LogP contribution < -0.4 is 16.2 Å². The second kappa shape index (κ2) is 15.8. The van der Waals surface area contributed by atoms with Crippen LogP contribution in [0.1, 0.15) is 56.1 Å². The summed E-state index contributed by atoms with van der Waals surface area (Å²) in [4.78, 5) is 59.4. The van der Waals surface area contributed by atoms with E-state index >= 15 is 0 Å². The first-order valence-electron chi connectivity index (χ1n) is 17.8. The van der Waals surface area contributed by atoms with E-state index in [1.54, 1.807) is 9.80 Å². The Balaban J connectivity index is 1.06. The number of ether oxygens (including phenoxy) is 1. The zero-order valence-corrected chi connectivity index (χ0v) is 28.5. The molecule has 2 aromatic rings. The number of likely N-dealkylation sites (tertiary alicyclic amines) is 1. The molecule has 3 fully saturated rings. The van der Waals surface area contributed by atoms with Gasteiger partial charge in [-0.2, -0.15) is 0 Å². The van der Waals surface area contributed by atoms with Crippen molar-refractivity contribution in [2.24, 2.45) is 5.92 Å². The van der Waals surface area contributed by atoms with Crippen LogP contribution in [0.2, 0.25) is 0 Å². The van der Waals surface area contributed by atoms with E-state index in [4.69, 9.17) is 25.5 Å². The number of phenols is 1. The van der Waals surface area contributed by atoms with Gasteiger partial charge in [0.25, 0.3) is 5.91 Å². The van der Waals surface area contributed by atoms with Crippen molar-refractivity contribution >= 4 is 56.3 Å². The summed E-state index contributed by atoms with van der Waals surface area (Å²) in [6, 6.07) is 11.1. The molecule has 4 radical (unpaired) electrons. The van der Waals surface area contributed by atoms with Gasteiger partial charge in [-0.25, -0.2) is 9.59 Å². The lowest BCUT2D eigenvalue weighted by atomic mass is 9.83. The molecule has 12 nitrogen and oxygen atoms in total. The first kappa shape index (κ1) is 35.6. The molecule has 50 heavy (non-hydrogen) atoms. The zero-order chi connectivity index (χ0) is 35.4. The number of hydrogen-bond donors (Lipinski definition) is 3. The van der Waals surface area contributed by atoms with E-state index in [9.17, 15) is 24.3 Å². The van der Waals surface area contributed by atoms with Crippen LogP contribution >= 0.6 is 0 Å². The number of benzene rings is 2. The molecule has 6 rings (SSSR count). The van der Waals surface area contributed by atoms with Gasteiger partial charge in [-0.15, -0.1) is 0 Å². The fourth-order valence-electron chi connectivity index (χ4n) is 8.02. The minimum Gasteiger partial charge on any atom is -0.509 e. The molecule has 0 spiro atoms. The van der Waals surface area contributed by atoms with Gasteiger partial charge in [0, 0.05) is 76.4 Å². The highest BCUT2D eigenvalue weighted by Crippen LogP contribution is 2.31. The van der Waals surface area contributed by atoms with Gasteiger partial charge in [-0.05, 0) is 68.1 Å². The molecule has 3 heterocycles. The van der Waals surface area contributed by atoms with E-state index < -0.39 is 18.2 Å². The molecule has 3 aliphatic heterocycles. The van der Waals surface area contributed by atoms with Gasteiger partial charge in [0.05, 0.1) is 0 Å². The van der Waals surface area contributed by atoms with Crippen molar-refractivity contribution in [1.82, 2.24) is 19.6 Å². The van der Waals surface area contributed by atoms with Crippen LogP contribution in [0.3, 0.4) is 0 Å². The minimum atomic E-state index is -1.13. The number of aromatic hydroxyl groups is 1. The third-order valence-electron chi connectivity index (χ3n) is 10.9. The summed E-state index contributed by atoms with van der Waals surface area (Å²) in [5.74, 6) is -1.05. The Morgan fingerprint density at radius 3 is 2.18 bits per heavy atom. The first-order chi connectivity index (χ1) is 24.0. The smallest absolute Gasteiger partial charge is 0.410 e. The summed E-state index contributed by atoms with van der Waals surface area (Å²) in [6.07, 6.45) is 4.14. The number of phenolic OH excluding ortho intramolecular Hbond substituents is 1. The number of nitrogens with one attached hydrogen (secondary N) is 1. The molecule has 1 aliphatic carbocycles. The summed E-state index contributed by atoms with van der Waals surface area (Å²) in [6.45, 7) is 3.68. The molecular weight excluding hydrogens is 636 g/mol. The predicted molar refractivity (Wildman–Crippen MR) is 189 cm³/mol. The summed E-state index contributed by atoms with van der Waals surface area (Å²) < 4.78 is 5.97.